The molecule has 1 amide bonds. The van der Waals surface area contributed by atoms with Crippen molar-refractivity contribution in [1.29, 1.82) is 0 Å². The lowest BCUT2D eigenvalue weighted by molar-refractivity contribution is -0.131. The third kappa shape index (κ3) is 4.97. The molecule has 0 fully saturated rings. The number of aromatic nitrogens is 1. The standard InChI is InChI=1S/C12H15N3O5S/c1-8(12(18)13-2)15-21(19,20)10-5-9(6-14-7-10)3-4-11(16)17/h3-8,15H,1-2H3,(H,13,18)(H,16,17). The highest BCUT2D eigenvalue weighted by molar-refractivity contribution is 7.89. The average molecular weight is 313 g/mol. The molecule has 8 nitrogen and oxygen atoms in total. The fourth-order valence-corrected chi connectivity index (χ4v) is 2.61. The molecule has 1 aromatic heterocycles. The van der Waals surface area contributed by atoms with E-state index >= 15 is 0 Å². The molecule has 114 valence electrons. The van der Waals surface area contributed by atoms with Gasteiger partial charge in [0.2, 0.25) is 15.9 Å². The molecule has 9 heteroatoms. The molecule has 0 spiro atoms. The molecular formula is C12H15N3O5S. The Labute approximate surface area is 121 Å². The summed E-state index contributed by atoms with van der Waals surface area (Å²) in [6.45, 7) is 1.40. The van der Waals surface area contributed by atoms with Crippen molar-refractivity contribution >= 4 is 28.0 Å². The van der Waals surface area contributed by atoms with E-state index < -0.39 is 27.9 Å². The number of hydrogen-bond acceptors (Lipinski definition) is 5. The predicted molar refractivity (Wildman–Crippen MR) is 74.8 cm³/mol. The first-order chi connectivity index (χ1) is 9.76. The van der Waals surface area contributed by atoms with Gasteiger partial charge in [0.25, 0.3) is 0 Å². The lowest BCUT2D eigenvalue weighted by Gasteiger charge is -2.12. The lowest BCUT2D eigenvalue weighted by Crippen LogP contribution is -2.43. The van der Waals surface area contributed by atoms with Crippen LogP contribution in [0.1, 0.15) is 12.5 Å². The minimum atomic E-state index is -3.93. The first kappa shape index (κ1) is 16.8. The van der Waals surface area contributed by atoms with E-state index in [9.17, 15) is 18.0 Å². The Morgan fingerprint density at radius 3 is 2.62 bits per heavy atom. The fourth-order valence-electron chi connectivity index (χ4n) is 1.41. The molecule has 0 aromatic carbocycles. The van der Waals surface area contributed by atoms with Gasteiger partial charge in [-0.3, -0.25) is 9.78 Å². The number of likely N-dealkylation sites (N-methyl/N-ethyl adjacent to an activating group) is 1. The first-order valence-corrected chi connectivity index (χ1v) is 7.34. The highest BCUT2D eigenvalue weighted by Crippen LogP contribution is 2.11. The van der Waals surface area contributed by atoms with E-state index in [1.165, 1.54) is 32.3 Å². The van der Waals surface area contributed by atoms with E-state index in [4.69, 9.17) is 5.11 Å². The van der Waals surface area contributed by atoms with Gasteiger partial charge in [-0.15, -0.1) is 0 Å². The van der Waals surface area contributed by atoms with Crippen molar-refractivity contribution in [2.45, 2.75) is 17.9 Å². The Balaban J connectivity index is 3.01. The lowest BCUT2D eigenvalue weighted by atomic mass is 10.2. The number of amides is 1. The molecule has 3 N–H and O–H groups in total. The number of nitrogens with one attached hydrogen (secondary N) is 2. The molecule has 0 aliphatic rings. The van der Waals surface area contributed by atoms with E-state index in [0.29, 0.717) is 5.56 Å². The first-order valence-electron chi connectivity index (χ1n) is 5.86. The second-order valence-corrected chi connectivity index (χ2v) is 5.80. The Morgan fingerprint density at radius 2 is 2.05 bits per heavy atom. The number of carboxylic acid groups (broad SMARTS) is 1. The average Bonchev–Trinajstić information content (AvgIpc) is 2.44. The number of hydrogen-bond donors (Lipinski definition) is 3. The van der Waals surface area contributed by atoms with E-state index in [0.717, 1.165) is 12.3 Å². The van der Waals surface area contributed by atoms with E-state index in [2.05, 4.69) is 15.0 Å². The van der Waals surface area contributed by atoms with Gasteiger partial charge in [-0.05, 0) is 24.6 Å². The van der Waals surface area contributed by atoms with Gasteiger partial charge in [-0.25, -0.2) is 13.2 Å². The number of rotatable bonds is 6. The van der Waals surface area contributed by atoms with Crippen molar-refractivity contribution in [1.82, 2.24) is 15.0 Å². The molecule has 1 aromatic rings. The van der Waals surface area contributed by atoms with E-state index in [-0.39, 0.29) is 4.90 Å². The maximum Gasteiger partial charge on any atom is 0.328 e. The molecule has 1 unspecified atom stereocenters. The van der Waals surface area contributed by atoms with Gasteiger partial charge in [-0.1, -0.05) is 0 Å². The largest absolute Gasteiger partial charge is 0.478 e. The van der Waals surface area contributed by atoms with E-state index in [1.807, 2.05) is 0 Å². The molecule has 1 rings (SSSR count). The summed E-state index contributed by atoms with van der Waals surface area (Å²) in [4.78, 5) is 25.3. The molecule has 0 radical (unpaired) electrons. The highest BCUT2D eigenvalue weighted by atomic mass is 32.2. The smallest absolute Gasteiger partial charge is 0.328 e. The van der Waals surface area contributed by atoms with Crippen LogP contribution in [0.4, 0.5) is 0 Å². The van der Waals surface area contributed by atoms with Gasteiger partial charge in [0.15, 0.2) is 0 Å². The maximum absolute atomic E-state index is 12.1. The molecule has 0 saturated carbocycles. The summed E-state index contributed by atoms with van der Waals surface area (Å²) in [5.41, 5.74) is 0.313. The number of nitrogens with zero attached hydrogens (tertiary/aromatic N) is 1. The number of aliphatic carboxylic acids is 1. The predicted octanol–water partition coefficient (Wildman–Crippen LogP) is -0.408. The quantitative estimate of drug-likeness (QED) is 0.613. The normalized spacial score (nSPS) is 13.0. The molecule has 0 bridgehead atoms. The van der Waals surface area contributed by atoms with Crippen LogP contribution < -0.4 is 10.0 Å². The van der Waals surface area contributed by atoms with Crippen LogP contribution in [0.2, 0.25) is 0 Å². The Bertz CT molecular complexity index is 669. The van der Waals surface area contributed by atoms with Crippen molar-refractivity contribution in [2.75, 3.05) is 7.05 Å². The van der Waals surface area contributed by atoms with Crippen molar-refractivity contribution in [3.8, 4) is 0 Å². The Kier molecular flexibility index (Phi) is 5.56. The summed E-state index contributed by atoms with van der Waals surface area (Å²) < 4.78 is 26.4. The monoisotopic (exact) mass is 313 g/mol. The van der Waals surface area contributed by atoms with Gasteiger partial charge in [0.1, 0.15) is 4.90 Å². The van der Waals surface area contributed by atoms with Crippen LogP contribution in [0.3, 0.4) is 0 Å². The summed E-state index contributed by atoms with van der Waals surface area (Å²) in [5, 5.41) is 10.9. The molecule has 1 heterocycles. The molecular weight excluding hydrogens is 298 g/mol. The van der Waals surface area contributed by atoms with Crippen molar-refractivity contribution in [3.05, 3.63) is 30.1 Å². The van der Waals surface area contributed by atoms with Crippen LogP contribution in [0.25, 0.3) is 6.08 Å². The second kappa shape index (κ2) is 6.95. The van der Waals surface area contributed by atoms with Gasteiger partial charge in [-0.2, -0.15) is 4.72 Å². The minimum Gasteiger partial charge on any atom is -0.478 e. The van der Waals surface area contributed by atoms with Crippen molar-refractivity contribution in [2.24, 2.45) is 0 Å². The zero-order chi connectivity index (χ0) is 16.0. The fraction of sp³-hybridized carbons (Fsp3) is 0.250. The molecule has 0 aliphatic heterocycles. The highest BCUT2D eigenvalue weighted by Gasteiger charge is 2.21. The Morgan fingerprint density at radius 1 is 1.38 bits per heavy atom. The van der Waals surface area contributed by atoms with Gasteiger partial charge in [0.05, 0.1) is 6.04 Å². The second-order valence-electron chi connectivity index (χ2n) is 4.08. The third-order valence-corrected chi connectivity index (χ3v) is 3.94. The van der Waals surface area contributed by atoms with Crippen LogP contribution in [0.5, 0.6) is 0 Å². The number of sulfonamides is 1. The number of carbonyl (C=O) groups is 2. The number of carboxylic acids is 1. The molecule has 0 aliphatic carbocycles. The van der Waals surface area contributed by atoms with Crippen LogP contribution in [0, 0.1) is 0 Å². The molecule has 0 saturated heterocycles. The van der Waals surface area contributed by atoms with E-state index in [1.54, 1.807) is 0 Å². The minimum absolute atomic E-state index is 0.161. The maximum atomic E-state index is 12.1. The summed E-state index contributed by atoms with van der Waals surface area (Å²) in [5.74, 6) is -1.64. The topological polar surface area (TPSA) is 125 Å². The van der Waals surface area contributed by atoms with Crippen LogP contribution in [-0.4, -0.2) is 43.5 Å². The molecule has 21 heavy (non-hydrogen) atoms. The van der Waals surface area contributed by atoms with Gasteiger partial charge in [0, 0.05) is 25.5 Å². The van der Waals surface area contributed by atoms with Gasteiger partial charge >= 0.3 is 5.97 Å². The summed E-state index contributed by atoms with van der Waals surface area (Å²) in [6, 6.07) is 0.309. The van der Waals surface area contributed by atoms with Crippen molar-refractivity contribution in [3.63, 3.8) is 0 Å². The number of pyridine rings is 1. The number of carbonyl (C=O) groups excluding carboxylic acids is 1. The van der Waals surface area contributed by atoms with Crippen molar-refractivity contribution < 1.29 is 23.1 Å². The zero-order valence-electron chi connectivity index (χ0n) is 11.4. The SMILES string of the molecule is CNC(=O)C(C)NS(=O)(=O)c1cncc(C=CC(=O)O)c1. The van der Waals surface area contributed by atoms with Gasteiger partial charge < -0.3 is 10.4 Å². The summed E-state index contributed by atoms with van der Waals surface area (Å²) in [7, 11) is -2.54. The zero-order valence-corrected chi connectivity index (χ0v) is 12.2. The molecule has 1 atom stereocenters. The van der Waals surface area contributed by atoms with Crippen LogP contribution in [-0.2, 0) is 19.6 Å². The van der Waals surface area contributed by atoms with Crippen LogP contribution in [0.15, 0.2) is 29.4 Å². The summed E-state index contributed by atoms with van der Waals surface area (Å²) in [6.07, 6.45) is 4.52. The van der Waals surface area contributed by atoms with Crippen LogP contribution >= 0.6 is 0 Å². The summed E-state index contributed by atoms with van der Waals surface area (Å²) >= 11 is 0. The third-order valence-electron chi connectivity index (χ3n) is 2.43. The Hall–Kier alpha value is -2.26.